The van der Waals surface area contributed by atoms with E-state index in [4.69, 9.17) is 10.5 Å². The minimum absolute atomic E-state index is 0.0262. The van der Waals surface area contributed by atoms with Crippen LogP contribution < -0.4 is 10.5 Å². The molecule has 0 aromatic heterocycles. The fraction of sp³-hybridized carbons (Fsp3) is 0.647. The quantitative estimate of drug-likeness (QED) is 0.896. The lowest BCUT2D eigenvalue weighted by Gasteiger charge is -2.31. The highest BCUT2D eigenvalue weighted by Gasteiger charge is 2.22. The predicted octanol–water partition coefficient (Wildman–Crippen LogP) is 3.35. The first-order chi connectivity index (χ1) is 9.76. The third-order valence-corrected chi connectivity index (χ3v) is 4.44. The summed E-state index contributed by atoms with van der Waals surface area (Å²) in [5.41, 5.74) is 7.57. The maximum absolute atomic E-state index is 6.45. The molecule has 3 heteroatoms. The summed E-state index contributed by atoms with van der Waals surface area (Å²) in [6.07, 6.45) is 6.55. The molecule has 2 unspecified atom stereocenters. The van der Waals surface area contributed by atoms with Gasteiger partial charge in [-0.2, -0.15) is 0 Å². The minimum Gasteiger partial charge on any atom is -0.496 e. The number of benzene rings is 1. The second kappa shape index (κ2) is 7.65. The van der Waals surface area contributed by atoms with Crippen molar-refractivity contribution in [3.8, 4) is 5.75 Å². The summed E-state index contributed by atoms with van der Waals surface area (Å²) in [5.74, 6) is 0.905. The number of rotatable bonds is 5. The normalized spacial score (nSPS) is 22.2. The summed E-state index contributed by atoms with van der Waals surface area (Å²) in [6, 6.07) is 8.83. The van der Waals surface area contributed by atoms with Crippen LogP contribution in [0.2, 0.25) is 0 Å². The van der Waals surface area contributed by atoms with Gasteiger partial charge >= 0.3 is 0 Å². The van der Waals surface area contributed by atoms with Crippen LogP contribution in [0.15, 0.2) is 24.3 Å². The van der Waals surface area contributed by atoms with Crippen molar-refractivity contribution < 1.29 is 4.74 Å². The maximum atomic E-state index is 6.45. The van der Waals surface area contributed by atoms with Gasteiger partial charge in [0.2, 0.25) is 0 Å². The van der Waals surface area contributed by atoms with Gasteiger partial charge in [0, 0.05) is 24.2 Å². The van der Waals surface area contributed by atoms with Gasteiger partial charge in [-0.1, -0.05) is 38.0 Å². The van der Waals surface area contributed by atoms with Crippen LogP contribution in [-0.4, -0.2) is 31.1 Å². The first kappa shape index (κ1) is 15.3. The topological polar surface area (TPSA) is 38.5 Å². The summed E-state index contributed by atoms with van der Waals surface area (Å²) in [6.45, 7) is 4.40. The molecule has 0 spiro atoms. The summed E-state index contributed by atoms with van der Waals surface area (Å²) < 4.78 is 5.43. The lowest BCUT2D eigenvalue weighted by Crippen LogP contribution is -2.39. The van der Waals surface area contributed by atoms with Gasteiger partial charge in [-0.15, -0.1) is 0 Å². The van der Waals surface area contributed by atoms with Crippen LogP contribution in [0.4, 0.5) is 0 Å². The van der Waals surface area contributed by atoms with E-state index in [1.165, 1.54) is 38.6 Å². The van der Waals surface area contributed by atoms with Crippen LogP contribution in [0.3, 0.4) is 0 Å². The Bertz CT molecular complexity index is 408. The zero-order valence-corrected chi connectivity index (χ0v) is 12.8. The number of likely N-dealkylation sites (tertiary alicyclic amines) is 1. The van der Waals surface area contributed by atoms with Crippen LogP contribution in [0.5, 0.6) is 5.75 Å². The van der Waals surface area contributed by atoms with E-state index >= 15 is 0 Å². The van der Waals surface area contributed by atoms with Crippen LogP contribution in [0, 0.1) is 0 Å². The molecule has 1 aromatic rings. The molecule has 0 bridgehead atoms. The van der Waals surface area contributed by atoms with E-state index in [2.05, 4.69) is 17.9 Å². The molecule has 2 atom stereocenters. The molecule has 1 aliphatic rings. The van der Waals surface area contributed by atoms with E-state index in [1.54, 1.807) is 7.11 Å². The van der Waals surface area contributed by atoms with Crippen LogP contribution >= 0.6 is 0 Å². The van der Waals surface area contributed by atoms with Crippen molar-refractivity contribution in [1.29, 1.82) is 0 Å². The van der Waals surface area contributed by atoms with E-state index in [1.807, 2.05) is 18.2 Å². The van der Waals surface area contributed by atoms with Gasteiger partial charge in [0.05, 0.1) is 7.11 Å². The first-order valence-corrected chi connectivity index (χ1v) is 7.88. The van der Waals surface area contributed by atoms with Crippen molar-refractivity contribution in [2.24, 2.45) is 5.73 Å². The molecule has 112 valence electrons. The Hall–Kier alpha value is -1.06. The molecule has 1 aliphatic heterocycles. The Morgan fingerprint density at radius 1 is 1.30 bits per heavy atom. The minimum atomic E-state index is 0.0262. The monoisotopic (exact) mass is 276 g/mol. The summed E-state index contributed by atoms with van der Waals surface area (Å²) in [7, 11) is 1.71. The molecule has 0 aliphatic carbocycles. The molecule has 1 aromatic carbocycles. The average Bonchev–Trinajstić information content (AvgIpc) is 2.72. The van der Waals surface area contributed by atoms with Gasteiger partial charge in [-0.25, -0.2) is 0 Å². The Kier molecular flexibility index (Phi) is 5.86. The molecule has 1 saturated heterocycles. The Balaban J connectivity index is 2.06. The molecule has 0 amide bonds. The highest BCUT2D eigenvalue weighted by molar-refractivity contribution is 5.35. The standard InChI is InChI=1S/C17H28N2O/c1-3-14-9-5-4-8-12-19(14)13-16(18)15-10-6-7-11-17(15)20-2/h6-7,10-11,14,16H,3-5,8-9,12-13,18H2,1-2H3. The van der Waals surface area contributed by atoms with Gasteiger partial charge in [0.25, 0.3) is 0 Å². The third-order valence-electron chi connectivity index (χ3n) is 4.44. The van der Waals surface area contributed by atoms with Crippen LogP contribution in [-0.2, 0) is 0 Å². The van der Waals surface area contributed by atoms with Crippen molar-refractivity contribution in [3.63, 3.8) is 0 Å². The number of nitrogens with two attached hydrogens (primary N) is 1. The van der Waals surface area contributed by atoms with Crippen molar-refractivity contribution in [1.82, 2.24) is 4.90 Å². The molecule has 20 heavy (non-hydrogen) atoms. The fourth-order valence-electron chi connectivity index (χ4n) is 3.26. The second-order valence-electron chi connectivity index (χ2n) is 5.75. The molecule has 3 nitrogen and oxygen atoms in total. The van der Waals surface area contributed by atoms with Gasteiger partial charge < -0.3 is 10.5 Å². The lowest BCUT2D eigenvalue weighted by atomic mass is 10.0. The van der Waals surface area contributed by atoms with E-state index in [-0.39, 0.29) is 6.04 Å². The Morgan fingerprint density at radius 3 is 2.85 bits per heavy atom. The molecule has 0 saturated carbocycles. The highest BCUT2D eigenvalue weighted by atomic mass is 16.5. The fourth-order valence-corrected chi connectivity index (χ4v) is 3.26. The summed E-state index contributed by atoms with van der Waals surface area (Å²) >= 11 is 0. The number of nitrogens with zero attached hydrogens (tertiary/aromatic N) is 1. The highest BCUT2D eigenvalue weighted by Crippen LogP contribution is 2.26. The zero-order chi connectivity index (χ0) is 14.4. The number of hydrogen-bond acceptors (Lipinski definition) is 3. The van der Waals surface area contributed by atoms with Crippen LogP contribution in [0.25, 0.3) is 0 Å². The second-order valence-corrected chi connectivity index (χ2v) is 5.75. The maximum Gasteiger partial charge on any atom is 0.123 e. The number of hydrogen-bond donors (Lipinski definition) is 1. The summed E-state index contributed by atoms with van der Waals surface area (Å²) in [4.78, 5) is 2.59. The van der Waals surface area contributed by atoms with E-state index in [9.17, 15) is 0 Å². The van der Waals surface area contributed by atoms with Gasteiger partial charge in [-0.3, -0.25) is 4.90 Å². The first-order valence-electron chi connectivity index (χ1n) is 7.88. The number of ether oxygens (including phenoxy) is 1. The van der Waals surface area contributed by atoms with E-state index in [0.717, 1.165) is 17.9 Å². The molecule has 0 radical (unpaired) electrons. The van der Waals surface area contributed by atoms with Crippen molar-refractivity contribution >= 4 is 0 Å². The third kappa shape index (κ3) is 3.74. The molecular formula is C17H28N2O. The molecule has 1 fully saturated rings. The van der Waals surface area contributed by atoms with Crippen molar-refractivity contribution in [2.45, 2.75) is 51.1 Å². The zero-order valence-electron chi connectivity index (χ0n) is 12.8. The van der Waals surface area contributed by atoms with Crippen LogP contribution in [0.1, 0.15) is 50.6 Å². The van der Waals surface area contributed by atoms with Gasteiger partial charge in [-0.05, 0) is 31.9 Å². The molecule has 2 N–H and O–H groups in total. The summed E-state index contributed by atoms with van der Waals surface area (Å²) in [5, 5.41) is 0. The molecule has 1 heterocycles. The van der Waals surface area contributed by atoms with Crippen molar-refractivity contribution in [2.75, 3.05) is 20.2 Å². The van der Waals surface area contributed by atoms with Gasteiger partial charge in [0.1, 0.15) is 5.75 Å². The predicted molar refractivity (Wildman–Crippen MR) is 84.0 cm³/mol. The average molecular weight is 276 g/mol. The SMILES string of the molecule is CCC1CCCCCN1CC(N)c1ccccc1OC. The lowest BCUT2D eigenvalue weighted by molar-refractivity contribution is 0.182. The van der Waals surface area contributed by atoms with Crippen molar-refractivity contribution in [3.05, 3.63) is 29.8 Å². The van der Waals surface area contributed by atoms with E-state index in [0.29, 0.717) is 6.04 Å². The number of methoxy groups -OCH3 is 1. The van der Waals surface area contributed by atoms with E-state index < -0.39 is 0 Å². The largest absolute Gasteiger partial charge is 0.496 e. The Morgan fingerprint density at radius 2 is 2.10 bits per heavy atom. The molecule has 2 rings (SSSR count). The number of para-hydroxylation sites is 1. The van der Waals surface area contributed by atoms with Gasteiger partial charge in [0.15, 0.2) is 0 Å². The Labute approximate surface area is 123 Å². The smallest absolute Gasteiger partial charge is 0.123 e. The molecular weight excluding hydrogens is 248 g/mol.